The molecule has 182 valence electrons. The third-order valence-electron chi connectivity index (χ3n) is 6.17. The van der Waals surface area contributed by atoms with Crippen molar-refractivity contribution in [1.82, 2.24) is 19.9 Å². The Kier molecular flexibility index (Phi) is 5.46. The number of hydrogen-bond acceptors (Lipinski definition) is 8. The van der Waals surface area contributed by atoms with Crippen LogP contribution in [-0.2, 0) is 0 Å². The molecule has 0 unspecified atom stereocenters. The van der Waals surface area contributed by atoms with E-state index in [1.807, 2.05) is 36.4 Å². The fourth-order valence-corrected chi connectivity index (χ4v) is 4.17. The lowest BCUT2D eigenvalue weighted by Gasteiger charge is -2.08. The summed E-state index contributed by atoms with van der Waals surface area (Å²) in [7, 11) is 0. The van der Waals surface area contributed by atoms with E-state index in [0.29, 0.717) is 22.4 Å². The van der Waals surface area contributed by atoms with Crippen molar-refractivity contribution in [3.8, 4) is 33.6 Å². The van der Waals surface area contributed by atoms with E-state index < -0.39 is 9.85 Å². The van der Waals surface area contributed by atoms with Crippen LogP contribution in [-0.4, -0.2) is 29.8 Å². The van der Waals surface area contributed by atoms with Crippen LogP contribution in [0.25, 0.3) is 55.7 Å². The third-order valence-corrected chi connectivity index (χ3v) is 6.17. The van der Waals surface area contributed by atoms with E-state index >= 15 is 0 Å². The van der Waals surface area contributed by atoms with Gasteiger partial charge in [-0.1, -0.05) is 12.1 Å². The van der Waals surface area contributed by atoms with Crippen molar-refractivity contribution in [2.75, 3.05) is 0 Å². The maximum atomic E-state index is 10.9. The summed E-state index contributed by atoms with van der Waals surface area (Å²) < 4.78 is 0. The minimum atomic E-state index is -0.440. The lowest BCUT2D eigenvalue weighted by molar-refractivity contribution is -0.385. The van der Waals surface area contributed by atoms with Gasteiger partial charge in [0, 0.05) is 35.4 Å². The van der Waals surface area contributed by atoms with Crippen molar-refractivity contribution in [2.45, 2.75) is 0 Å². The predicted molar refractivity (Wildman–Crippen MR) is 142 cm³/mol. The summed E-state index contributed by atoms with van der Waals surface area (Å²) in [5.41, 5.74) is 7.36. The molecule has 0 spiro atoms. The fourth-order valence-electron chi connectivity index (χ4n) is 4.17. The number of nitro benzene ring substituents is 2. The molecule has 38 heavy (non-hydrogen) atoms. The molecule has 4 aromatic carbocycles. The van der Waals surface area contributed by atoms with Gasteiger partial charge < -0.3 is 0 Å². The summed E-state index contributed by atoms with van der Waals surface area (Å²) in [6.45, 7) is 0. The second-order valence-electron chi connectivity index (χ2n) is 8.53. The quantitative estimate of drug-likeness (QED) is 0.196. The van der Waals surface area contributed by atoms with Crippen LogP contribution in [0.5, 0.6) is 0 Å². The molecule has 0 saturated carbocycles. The molecule has 0 atom stereocenters. The lowest BCUT2D eigenvalue weighted by atomic mass is 10.0. The number of nitrogens with zero attached hydrogens (tertiary/aromatic N) is 6. The first kappa shape index (κ1) is 22.8. The second-order valence-corrected chi connectivity index (χ2v) is 8.53. The highest BCUT2D eigenvalue weighted by Crippen LogP contribution is 2.29. The summed E-state index contributed by atoms with van der Waals surface area (Å²) in [5.74, 6) is 0. The average Bonchev–Trinajstić information content (AvgIpc) is 2.96. The monoisotopic (exact) mass is 500 g/mol. The largest absolute Gasteiger partial charge is 0.269 e. The number of nitro groups is 2. The van der Waals surface area contributed by atoms with E-state index in [2.05, 4.69) is 9.97 Å². The Labute approximate surface area is 214 Å². The molecule has 2 heterocycles. The fraction of sp³-hybridized carbons (Fsp3) is 0. The summed E-state index contributed by atoms with van der Waals surface area (Å²) >= 11 is 0. The molecule has 0 saturated heterocycles. The molecule has 10 nitrogen and oxygen atoms in total. The number of benzene rings is 4. The van der Waals surface area contributed by atoms with E-state index in [-0.39, 0.29) is 11.4 Å². The summed E-state index contributed by atoms with van der Waals surface area (Å²) in [6, 6.07) is 24.0. The van der Waals surface area contributed by atoms with Gasteiger partial charge in [0.05, 0.1) is 55.7 Å². The van der Waals surface area contributed by atoms with Crippen LogP contribution in [0.15, 0.2) is 97.3 Å². The Balaban J connectivity index is 1.36. The lowest BCUT2D eigenvalue weighted by Crippen LogP contribution is -1.92. The first-order chi connectivity index (χ1) is 18.4. The zero-order valence-electron chi connectivity index (χ0n) is 19.6. The molecular weight excluding hydrogens is 484 g/mol. The molecule has 0 N–H and O–H groups in total. The molecule has 10 heteroatoms. The molecule has 6 rings (SSSR count). The minimum absolute atomic E-state index is 0.0147. The summed E-state index contributed by atoms with van der Waals surface area (Å²) in [5, 5.41) is 21.9. The highest BCUT2D eigenvalue weighted by atomic mass is 16.6. The van der Waals surface area contributed by atoms with E-state index in [9.17, 15) is 20.2 Å². The summed E-state index contributed by atoms with van der Waals surface area (Å²) in [4.78, 5) is 39.5. The average molecular weight is 500 g/mol. The molecule has 0 bridgehead atoms. The van der Waals surface area contributed by atoms with Crippen LogP contribution < -0.4 is 0 Å². The van der Waals surface area contributed by atoms with Crippen LogP contribution in [0.3, 0.4) is 0 Å². The maximum absolute atomic E-state index is 10.9. The second kappa shape index (κ2) is 9.10. The van der Waals surface area contributed by atoms with Gasteiger partial charge in [0.1, 0.15) is 0 Å². The maximum Gasteiger partial charge on any atom is 0.269 e. The molecule has 6 aromatic rings. The van der Waals surface area contributed by atoms with Crippen molar-refractivity contribution >= 4 is 33.4 Å². The zero-order chi connectivity index (χ0) is 26.2. The molecule has 0 fully saturated rings. The first-order valence-electron chi connectivity index (χ1n) is 11.5. The number of fused-ring (bicyclic) bond motifs is 2. The van der Waals surface area contributed by atoms with Crippen molar-refractivity contribution in [1.29, 1.82) is 0 Å². The van der Waals surface area contributed by atoms with Gasteiger partial charge in [-0.25, -0.2) is 9.97 Å². The molecule has 0 aliphatic heterocycles. The van der Waals surface area contributed by atoms with E-state index in [1.54, 1.807) is 36.7 Å². The van der Waals surface area contributed by atoms with Crippen LogP contribution in [0.4, 0.5) is 11.4 Å². The smallest absolute Gasteiger partial charge is 0.258 e. The van der Waals surface area contributed by atoms with Gasteiger partial charge in [-0.2, -0.15) is 0 Å². The predicted octanol–water partition coefficient (Wildman–Crippen LogP) is 6.39. The first-order valence-corrected chi connectivity index (χ1v) is 11.5. The van der Waals surface area contributed by atoms with E-state index in [0.717, 1.165) is 33.3 Å². The van der Waals surface area contributed by atoms with E-state index in [4.69, 9.17) is 9.97 Å². The van der Waals surface area contributed by atoms with Crippen molar-refractivity contribution in [3.63, 3.8) is 0 Å². The highest BCUT2D eigenvalue weighted by molar-refractivity contribution is 5.87. The topological polar surface area (TPSA) is 138 Å². The molecule has 0 radical (unpaired) electrons. The van der Waals surface area contributed by atoms with Crippen molar-refractivity contribution in [3.05, 3.63) is 118 Å². The Bertz CT molecular complexity index is 1730. The summed E-state index contributed by atoms with van der Waals surface area (Å²) in [6.07, 6.45) is 3.29. The Morgan fingerprint density at radius 2 is 0.842 bits per heavy atom. The van der Waals surface area contributed by atoms with Gasteiger partial charge in [0.2, 0.25) is 0 Å². The minimum Gasteiger partial charge on any atom is -0.258 e. The van der Waals surface area contributed by atoms with Gasteiger partial charge in [0.15, 0.2) is 0 Å². The van der Waals surface area contributed by atoms with Gasteiger partial charge >= 0.3 is 0 Å². The van der Waals surface area contributed by atoms with Crippen LogP contribution in [0.1, 0.15) is 0 Å². The SMILES string of the molecule is O=[N+]([O-])c1ccc(-c2cnc3ccc(-c4ccc5ncc(-c6ccc([N+](=O)[O-])cc6)nc5c4)cc3n2)cc1. The van der Waals surface area contributed by atoms with Gasteiger partial charge in [0.25, 0.3) is 11.4 Å². The molecule has 0 aliphatic carbocycles. The Hall–Kier alpha value is -5.64. The van der Waals surface area contributed by atoms with Crippen LogP contribution in [0, 0.1) is 20.2 Å². The third kappa shape index (κ3) is 4.26. The number of aromatic nitrogens is 4. The number of non-ortho nitro benzene ring substituents is 2. The van der Waals surface area contributed by atoms with Crippen molar-refractivity contribution in [2.24, 2.45) is 0 Å². The van der Waals surface area contributed by atoms with Gasteiger partial charge in [-0.3, -0.25) is 30.2 Å². The Morgan fingerprint density at radius 3 is 1.21 bits per heavy atom. The van der Waals surface area contributed by atoms with E-state index in [1.165, 1.54) is 24.3 Å². The highest BCUT2D eigenvalue weighted by Gasteiger charge is 2.11. The standard InChI is InChI=1S/C28H16N6O4/c35-33(36)21-7-1-17(2-8-21)27-15-29-23-11-5-19(13-25(23)31-27)20-6-12-24-26(14-20)32-28(16-30-24)18-3-9-22(10-4-18)34(37)38/h1-16H. The molecular formula is C28H16N6O4. The van der Waals surface area contributed by atoms with Gasteiger partial charge in [-0.05, 0) is 59.7 Å². The van der Waals surface area contributed by atoms with Crippen LogP contribution in [0.2, 0.25) is 0 Å². The zero-order valence-corrected chi connectivity index (χ0v) is 19.6. The van der Waals surface area contributed by atoms with Gasteiger partial charge in [-0.15, -0.1) is 0 Å². The van der Waals surface area contributed by atoms with Crippen LogP contribution >= 0.6 is 0 Å². The molecule has 0 amide bonds. The molecule has 0 aliphatic rings. The Morgan fingerprint density at radius 1 is 0.474 bits per heavy atom. The van der Waals surface area contributed by atoms with Crippen molar-refractivity contribution < 1.29 is 9.85 Å². The normalized spacial score (nSPS) is 11.1. The molecule has 2 aromatic heterocycles. The number of rotatable bonds is 5. The number of hydrogen-bond donors (Lipinski definition) is 0.